The highest BCUT2D eigenvalue weighted by atomic mass is 16.6. The number of ether oxygens (including phenoxy) is 5. The van der Waals surface area contributed by atoms with Gasteiger partial charge in [0.1, 0.15) is 29.3 Å². The van der Waals surface area contributed by atoms with Gasteiger partial charge < -0.3 is 28.8 Å². The van der Waals surface area contributed by atoms with Gasteiger partial charge in [0.25, 0.3) is 5.56 Å². The third-order valence-electron chi connectivity index (χ3n) is 7.27. The SMILES string of the molecule is COc1ccc(C(OC[C@H]2O[C@@H]3[C@@H](Oc4nc(=O)ccn43)[C@@H]2O)(c2ccccc2)c2ccc(OC)cc2)cc1. The van der Waals surface area contributed by atoms with Crippen molar-refractivity contribution in [3.05, 3.63) is 118 Å². The fraction of sp³-hybridized carbons (Fsp3) is 0.267. The highest BCUT2D eigenvalue weighted by molar-refractivity contribution is 5.49. The van der Waals surface area contributed by atoms with Crippen molar-refractivity contribution in [3.8, 4) is 17.5 Å². The lowest BCUT2D eigenvalue weighted by Gasteiger charge is -2.37. The molecular weight excluding hydrogens is 500 g/mol. The van der Waals surface area contributed by atoms with Gasteiger partial charge in [0.2, 0.25) is 0 Å². The van der Waals surface area contributed by atoms with Crippen molar-refractivity contribution in [3.63, 3.8) is 0 Å². The van der Waals surface area contributed by atoms with Gasteiger partial charge in [-0.2, -0.15) is 4.98 Å². The molecule has 0 spiro atoms. The standard InChI is InChI=1S/C30H28N2O7/c1-35-22-12-8-20(9-13-22)30(19-6-4-3-5-7-19,21-10-14-23(36-2)15-11-21)37-18-24-26(34)27-28(38-24)32-17-16-25(33)31-29(32)39-27/h3-17,24,26-28,34H,18H2,1-2H3/t24-,26-,27+,28-/m1/s1. The number of fused-ring (bicyclic) bond motifs is 3. The zero-order chi connectivity index (χ0) is 27.0. The molecule has 0 unspecified atom stereocenters. The van der Waals surface area contributed by atoms with Crippen molar-refractivity contribution in [2.24, 2.45) is 0 Å². The van der Waals surface area contributed by atoms with Crippen LogP contribution in [0, 0.1) is 0 Å². The molecule has 0 saturated carbocycles. The minimum absolute atomic E-state index is 0.0490. The second-order valence-electron chi connectivity index (χ2n) is 9.41. The molecule has 200 valence electrons. The predicted molar refractivity (Wildman–Crippen MR) is 141 cm³/mol. The van der Waals surface area contributed by atoms with Gasteiger partial charge in [-0.3, -0.25) is 9.36 Å². The molecule has 9 heteroatoms. The molecule has 3 heterocycles. The quantitative estimate of drug-likeness (QED) is 0.348. The Bertz CT molecular complexity index is 1440. The normalized spacial score (nSPS) is 21.6. The minimum Gasteiger partial charge on any atom is -0.497 e. The smallest absolute Gasteiger partial charge is 0.302 e. The Labute approximate surface area is 225 Å². The average molecular weight is 529 g/mol. The molecule has 0 aliphatic carbocycles. The molecular formula is C30H28N2O7. The van der Waals surface area contributed by atoms with E-state index < -0.39 is 35.7 Å². The van der Waals surface area contributed by atoms with E-state index in [-0.39, 0.29) is 12.6 Å². The first kappa shape index (κ1) is 25.1. The second kappa shape index (κ2) is 10.2. The molecule has 0 amide bonds. The fourth-order valence-electron chi connectivity index (χ4n) is 5.29. The van der Waals surface area contributed by atoms with Crippen LogP contribution in [0.3, 0.4) is 0 Å². The molecule has 4 atom stereocenters. The number of benzene rings is 3. The topological polar surface area (TPSA) is 101 Å². The van der Waals surface area contributed by atoms with E-state index in [4.69, 9.17) is 23.7 Å². The first-order chi connectivity index (χ1) is 19.0. The summed E-state index contributed by atoms with van der Waals surface area (Å²) in [5.41, 5.74) is 1.18. The van der Waals surface area contributed by atoms with Crippen molar-refractivity contribution in [2.45, 2.75) is 30.1 Å². The summed E-state index contributed by atoms with van der Waals surface area (Å²) in [5.74, 6) is 1.45. The Morgan fingerprint density at radius 3 is 2.05 bits per heavy atom. The third kappa shape index (κ3) is 4.34. The van der Waals surface area contributed by atoms with Gasteiger partial charge >= 0.3 is 6.01 Å². The highest BCUT2D eigenvalue weighted by Crippen LogP contribution is 2.44. The van der Waals surface area contributed by atoms with Crippen LogP contribution in [0.15, 0.2) is 95.9 Å². The van der Waals surface area contributed by atoms with E-state index in [1.165, 1.54) is 6.07 Å². The molecule has 2 aliphatic rings. The molecule has 6 rings (SSSR count). The monoisotopic (exact) mass is 528 g/mol. The maximum atomic E-state index is 11.6. The molecule has 39 heavy (non-hydrogen) atoms. The maximum absolute atomic E-state index is 11.6. The zero-order valence-corrected chi connectivity index (χ0v) is 21.5. The lowest BCUT2D eigenvalue weighted by Crippen LogP contribution is -2.40. The van der Waals surface area contributed by atoms with Gasteiger partial charge in [0.15, 0.2) is 12.3 Å². The van der Waals surface area contributed by atoms with Crippen molar-refractivity contribution in [1.82, 2.24) is 9.55 Å². The number of methoxy groups -OCH3 is 2. The van der Waals surface area contributed by atoms with Gasteiger partial charge in [0.05, 0.1) is 20.8 Å². The van der Waals surface area contributed by atoms with E-state index in [0.29, 0.717) is 0 Å². The molecule has 4 aromatic rings. The van der Waals surface area contributed by atoms with E-state index in [1.807, 2.05) is 78.9 Å². The number of aromatic nitrogens is 2. The van der Waals surface area contributed by atoms with Crippen molar-refractivity contribution < 1.29 is 28.8 Å². The van der Waals surface area contributed by atoms with Crippen LogP contribution in [-0.2, 0) is 15.1 Å². The summed E-state index contributed by atoms with van der Waals surface area (Å²) in [5, 5.41) is 11.2. The van der Waals surface area contributed by atoms with E-state index in [2.05, 4.69) is 4.98 Å². The van der Waals surface area contributed by atoms with Crippen LogP contribution in [0.4, 0.5) is 0 Å². The predicted octanol–water partition coefficient (Wildman–Crippen LogP) is 3.29. The maximum Gasteiger partial charge on any atom is 0.302 e. The third-order valence-corrected chi connectivity index (χ3v) is 7.27. The number of hydrogen-bond donors (Lipinski definition) is 1. The van der Waals surface area contributed by atoms with Crippen molar-refractivity contribution in [2.75, 3.05) is 20.8 Å². The number of aliphatic hydroxyl groups is 1. The largest absolute Gasteiger partial charge is 0.497 e. The number of nitrogens with zero attached hydrogens (tertiary/aromatic N) is 2. The summed E-state index contributed by atoms with van der Waals surface area (Å²) in [6.07, 6.45) is -1.47. The highest BCUT2D eigenvalue weighted by Gasteiger charge is 2.52. The van der Waals surface area contributed by atoms with Crippen LogP contribution in [0.2, 0.25) is 0 Å². The molecule has 2 aliphatic heterocycles. The summed E-state index contributed by atoms with van der Waals surface area (Å²) >= 11 is 0. The molecule has 1 saturated heterocycles. The van der Waals surface area contributed by atoms with E-state index >= 15 is 0 Å². The van der Waals surface area contributed by atoms with Crippen molar-refractivity contribution in [1.29, 1.82) is 0 Å². The van der Waals surface area contributed by atoms with Crippen molar-refractivity contribution >= 4 is 0 Å². The van der Waals surface area contributed by atoms with Gasteiger partial charge in [-0.05, 0) is 41.0 Å². The summed E-state index contributed by atoms with van der Waals surface area (Å²) in [7, 11) is 3.25. The van der Waals surface area contributed by atoms with Crippen LogP contribution in [0.25, 0.3) is 0 Å². The van der Waals surface area contributed by atoms with Gasteiger partial charge in [0, 0.05) is 12.3 Å². The van der Waals surface area contributed by atoms with Crippen LogP contribution in [-0.4, -0.2) is 53.8 Å². The summed E-state index contributed by atoms with van der Waals surface area (Å²) in [4.78, 5) is 15.5. The van der Waals surface area contributed by atoms with E-state index in [1.54, 1.807) is 25.0 Å². The Morgan fingerprint density at radius 2 is 1.46 bits per heavy atom. The zero-order valence-electron chi connectivity index (χ0n) is 21.5. The lowest BCUT2D eigenvalue weighted by molar-refractivity contribution is -0.0936. The Balaban J connectivity index is 1.39. The molecule has 0 radical (unpaired) electrons. The Kier molecular flexibility index (Phi) is 6.56. The van der Waals surface area contributed by atoms with Crippen LogP contribution < -0.4 is 19.8 Å². The molecule has 1 aromatic heterocycles. The summed E-state index contributed by atoms with van der Waals surface area (Å²) < 4.78 is 31.3. The van der Waals surface area contributed by atoms with Gasteiger partial charge in [-0.15, -0.1) is 0 Å². The molecule has 0 bridgehead atoms. The fourth-order valence-corrected chi connectivity index (χ4v) is 5.29. The molecule has 9 nitrogen and oxygen atoms in total. The minimum atomic E-state index is -1.05. The first-order valence-electron chi connectivity index (χ1n) is 12.6. The van der Waals surface area contributed by atoms with Gasteiger partial charge in [-0.1, -0.05) is 54.6 Å². The average Bonchev–Trinajstić information content (AvgIpc) is 3.49. The molecule has 1 N–H and O–H groups in total. The second-order valence-corrected chi connectivity index (χ2v) is 9.41. The molecule has 3 aromatic carbocycles. The van der Waals surface area contributed by atoms with Crippen LogP contribution in [0.1, 0.15) is 22.9 Å². The lowest BCUT2D eigenvalue weighted by atomic mass is 9.80. The van der Waals surface area contributed by atoms with Crippen LogP contribution in [0.5, 0.6) is 17.5 Å². The molecule has 1 fully saturated rings. The Hall–Kier alpha value is -4.18. The van der Waals surface area contributed by atoms with Gasteiger partial charge in [-0.25, -0.2) is 0 Å². The van der Waals surface area contributed by atoms with Crippen LogP contribution >= 0.6 is 0 Å². The first-order valence-corrected chi connectivity index (χ1v) is 12.6. The Morgan fingerprint density at radius 1 is 0.872 bits per heavy atom. The number of hydrogen-bond acceptors (Lipinski definition) is 8. The number of rotatable bonds is 8. The van der Waals surface area contributed by atoms with E-state index in [0.717, 1.165) is 28.2 Å². The number of aliphatic hydroxyl groups excluding tert-OH is 1. The summed E-state index contributed by atoms with van der Waals surface area (Å²) in [6.45, 7) is 0.0490. The van der Waals surface area contributed by atoms with E-state index in [9.17, 15) is 9.90 Å². The summed E-state index contributed by atoms with van der Waals surface area (Å²) in [6, 6.07) is 26.8.